The fraction of sp³-hybridized carbons (Fsp3) is 0.733. The van der Waals surface area contributed by atoms with Gasteiger partial charge in [0.2, 0.25) is 5.91 Å². The average molecular weight is 440 g/mol. The molecule has 22 heavy (non-hydrogen) atoms. The number of likely N-dealkylation sites (N-methyl/N-ethyl adjacent to an activating group) is 1. The number of carbonyl (C=O) groups excluding carboxylic acids is 1. The minimum absolute atomic E-state index is 0. The van der Waals surface area contributed by atoms with Gasteiger partial charge in [0.25, 0.3) is 0 Å². The van der Waals surface area contributed by atoms with Crippen LogP contribution in [0.1, 0.15) is 20.8 Å². The minimum atomic E-state index is 0. The molecule has 0 aliphatic carbocycles. The number of amides is 1. The van der Waals surface area contributed by atoms with Crippen LogP contribution >= 0.6 is 35.7 Å². The highest BCUT2D eigenvalue weighted by molar-refractivity contribution is 14.0. The number of aliphatic imine (C=N–C) groups is 1. The van der Waals surface area contributed by atoms with Crippen molar-refractivity contribution in [3.05, 3.63) is 12.2 Å². The molecule has 1 aliphatic rings. The van der Waals surface area contributed by atoms with Gasteiger partial charge in [-0.25, -0.2) is 4.99 Å². The van der Waals surface area contributed by atoms with E-state index in [1.165, 1.54) is 0 Å². The highest BCUT2D eigenvalue weighted by Gasteiger charge is 2.28. The Morgan fingerprint density at radius 3 is 2.59 bits per heavy atom. The van der Waals surface area contributed by atoms with Crippen molar-refractivity contribution in [1.29, 1.82) is 0 Å². The number of nitrogens with one attached hydrogen (secondary N) is 1. The largest absolute Gasteiger partial charge is 0.353 e. The van der Waals surface area contributed by atoms with E-state index >= 15 is 0 Å². The van der Waals surface area contributed by atoms with E-state index in [0.717, 1.165) is 30.4 Å². The molecule has 0 saturated carbocycles. The van der Waals surface area contributed by atoms with Crippen LogP contribution in [0.5, 0.6) is 0 Å². The molecule has 0 aromatic rings. The van der Waals surface area contributed by atoms with Crippen LogP contribution in [0.2, 0.25) is 0 Å². The molecule has 0 bridgehead atoms. The Morgan fingerprint density at radius 1 is 1.45 bits per heavy atom. The summed E-state index contributed by atoms with van der Waals surface area (Å²) in [4.78, 5) is 20.0. The highest BCUT2D eigenvalue weighted by Crippen LogP contribution is 2.29. The second-order valence-corrected chi connectivity index (χ2v) is 8.07. The van der Waals surface area contributed by atoms with Gasteiger partial charge in [-0.15, -0.1) is 24.0 Å². The van der Waals surface area contributed by atoms with Crippen molar-refractivity contribution in [2.75, 3.05) is 46.0 Å². The van der Waals surface area contributed by atoms with Crippen molar-refractivity contribution in [2.45, 2.75) is 25.5 Å². The van der Waals surface area contributed by atoms with Gasteiger partial charge in [0, 0.05) is 44.2 Å². The molecule has 1 N–H and O–H groups in total. The zero-order valence-corrected chi connectivity index (χ0v) is 17.5. The second kappa shape index (κ2) is 9.64. The molecule has 1 rings (SSSR count). The lowest BCUT2D eigenvalue weighted by Gasteiger charge is -2.39. The molecular weight excluding hydrogens is 411 g/mol. The van der Waals surface area contributed by atoms with Crippen molar-refractivity contribution in [1.82, 2.24) is 15.1 Å². The lowest BCUT2D eigenvalue weighted by atomic mass is 10.2. The van der Waals surface area contributed by atoms with Crippen molar-refractivity contribution in [2.24, 2.45) is 4.99 Å². The van der Waals surface area contributed by atoms with Gasteiger partial charge in [0.1, 0.15) is 6.54 Å². The highest BCUT2D eigenvalue weighted by atomic mass is 127. The third-order valence-corrected chi connectivity index (χ3v) is 4.43. The van der Waals surface area contributed by atoms with E-state index in [-0.39, 0.29) is 41.2 Å². The zero-order valence-electron chi connectivity index (χ0n) is 14.3. The molecular formula is C15H29IN4OS. The maximum absolute atomic E-state index is 11.7. The predicted molar refractivity (Wildman–Crippen MR) is 107 cm³/mol. The van der Waals surface area contributed by atoms with Crippen LogP contribution in [0.4, 0.5) is 0 Å². The first kappa shape index (κ1) is 21.6. The van der Waals surface area contributed by atoms with Gasteiger partial charge in [-0.05, 0) is 20.8 Å². The Hall–Kier alpha value is -0.440. The van der Waals surface area contributed by atoms with Crippen LogP contribution in [-0.2, 0) is 4.79 Å². The van der Waals surface area contributed by atoms with E-state index < -0.39 is 0 Å². The summed E-state index contributed by atoms with van der Waals surface area (Å²) in [6.07, 6.45) is 0. The van der Waals surface area contributed by atoms with Crippen LogP contribution in [0.15, 0.2) is 17.1 Å². The van der Waals surface area contributed by atoms with E-state index in [1.54, 1.807) is 19.0 Å². The van der Waals surface area contributed by atoms with Crippen LogP contribution < -0.4 is 5.32 Å². The third-order valence-electron chi connectivity index (χ3n) is 3.14. The van der Waals surface area contributed by atoms with Crippen LogP contribution in [0, 0.1) is 0 Å². The number of hydrogen-bond donors (Lipinski definition) is 1. The van der Waals surface area contributed by atoms with Crippen molar-refractivity contribution < 1.29 is 4.79 Å². The summed E-state index contributed by atoms with van der Waals surface area (Å²) < 4.78 is 0.204. The number of guanidine groups is 1. The average Bonchev–Trinajstić information content (AvgIpc) is 2.36. The van der Waals surface area contributed by atoms with Gasteiger partial charge in [-0.1, -0.05) is 12.2 Å². The van der Waals surface area contributed by atoms with E-state index in [9.17, 15) is 4.79 Å². The molecule has 0 spiro atoms. The monoisotopic (exact) mass is 440 g/mol. The van der Waals surface area contributed by atoms with Gasteiger partial charge < -0.3 is 15.1 Å². The quantitative estimate of drug-likeness (QED) is 0.315. The SMILES string of the molecule is C=C(C)CNC(=NCC(=O)N(C)C)N1CCSC(C)(C)C1.I. The lowest BCUT2D eigenvalue weighted by molar-refractivity contribution is -0.127. The number of hydrogen-bond acceptors (Lipinski definition) is 3. The molecule has 1 aliphatic heterocycles. The molecule has 0 radical (unpaired) electrons. The van der Waals surface area contributed by atoms with Gasteiger partial charge in [0.05, 0.1) is 0 Å². The number of nitrogens with zero attached hydrogens (tertiary/aromatic N) is 3. The molecule has 5 nitrogen and oxygen atoms in total. The summed E-state index contributed by atoms with van der Waals surface area (Å²) in [5, 5.41) is 3.32. The standard InChI is InChI=1S/C15H28N4OS.HI/c1-12(2)9-16-14(17-10-13(20)18(5)6)19-7-8-21-15(3,4)11-19;/h1,7-11H2,2-6H3,(H,16,17);1H. The maximum atomic E-state index is 11.7. The number of carbonyl (C=O) groups is 1. The van der Waals surface area contributed by atoms with Gasteiger partial charge in [-0.3, -0.25) is 4.79 Å². The van der Waals surface area contributed by atoms with Gasteiger partial charge in [-0.2, -0.15) is 11.8 Å². The molecule has 128 valence electrons. The Labute approximate surface area is 156 Å². The van der Waals surface area contributed by atoms with E-state index in [2.05, 4.69) is 35.6 Å². The summed E-state index contributed by atoms with van der Waals surface area (Å²) in [6.45, 7) is 13.1. The van der Waals surface area contributed by atoms with Crippen LogP contribution in [-0.4, -0.2) is 72.4 Å². The second-order valence-electron chi connectivity index (χ2n) is 6.27. The summed E-state index contributed by atoms with van der Waals surface area (Å²) >= 11 is 1.98. The minimum Gasteiger partial charge on any atom is -0.353 e. The summed E-state index contributed by atoms with van der Waals surface area (Å²) in [5.41, 5.74) is 1.05. The predicted octanol–water partition coefficient (Wildman–Crippen LogP) is 2.04. The molecule has 0 atom stereocenters. The van der Waals surface area contributed by atoms with E-state index in [1.807, 2.05) is 18.7 Å². The van der Waals surface area contributed by atoms with Gasteiger partial charge >= 0.3 is 0 Å². The third kappa shape index (κ3) is 7.71. The summed E-state index contributed by atoms with van der Waals surface area (Å²) in [5.74, 6) is 1.89. The first-order valence-electron chi connectivity index (χ1n) is 7.23. The molecule has 1 saturated heterocycles. The van der Waals surface area contributed by atoms with Crippen molar-refractivity contribution in [3.8, 4) is 0 Å². The lowest BCUT2D eigenvalue weighted by Crippen LogP contribution is -2.51. The fourth-order valence-electron chi connectivity index (χ4n) is 1.98. The van der Waals surface area contributed by atoms with Crippen LogP contribution in [0.25, 0.3) is 0 Å². The summed E-state index contributed by atoms with van der Waals surface area (Å²) in [7, 11) is 3.50. The fourth-order valence-corrected chi connectivity index (χ4v) is 3.09. The molecule has 1 heterocycles. The Kier molecular flexibility index (Phi) is 9.45. The molecule has 1 fully saturated rings. The van der Waals surface area contributed by atoms with Crippen LogP contribution in [0.3, 0.4) is 0 Å². The molecule has 0 aromatic heterocycles. The van der Waals surface area contributed by atoms with Crippen molar-refractivity contribution in [3.63, 3.8) is 0 Å². The van der Waals surface area contributed by atoms with E-state index in [4.69, 9.17) is 0 Å². The summed E-state index contributed by atoms with van der Waals surface area (Å²) in [6, 6.07) is 0. The molecule has 0 unspecified atom stereocenters. The number of rotatable bonds is 4. The Balaban J connectivity index is 0.00000441. The molecule has 1 amide bonds. The number of halogens is 1. The zero-order chi connectivity index (χ0) is 16.0. The topological polar surface area (TPSA) is 47.9 Å². The van der Waals surface area contributed by atoms with Gasteiger partial charge in [0.15, 0.2) is 5.96 Å². The molecule has 0 aromatic carbocycles. The molecule has 7 heteroatoms. The normalized spacial score (nSPS) is 17.5. The van der Waals surface area contributed by atoms with E-state index in [0.29, 0.717) is 6.54 Å². The number of thioether (sulfide) groups is 1. The first-order valence-corrected chi connectivity index (χ1v) is 8.21. The maximum Gasteiger partial charge on any atom is 0.243 e. The Morgan fingerprint density at radius 2 is 2.09 bits per heavy atom. The smallest absolute Gasteiger partial charge is 0.243 e. The van der Waals surface area contributed by atoms with Crippen molar-refractivity contribution >= 4 is 47.6 Å². The Bertz CT molecular complexity index is 424. The first-order chi connectivity index (χ1) is 9.71.